The highest BCUT2D eigenvalue weighted by atomic mass is 16.5. The molecule has 1 heterocycles. The molecule has 0 saturated carbocycles. The van der Waals surface area contributed by atoms with Gasteiger partial charge in [0.1, 0.15) is 0 Å². The third-order valence-electron chi connectivity index (χ3n) is 1.81. The Hall–Kier alpha value is -0.120. The van der Waals surface area contributed by atoms with Crippen molar-refractivity contribution in [3.05, 3.63) is 0 Å². The molecule has 1 saturated heterocycles. The van der Waals surface area contributed by atoms with Crippen LogP contribution in [0, 0.1) is 0 Å². The van der Waals surface area contributed by atoms with E-state index >= 15 is 0 Å². The summed E-state index contributed by atoms with van der Waals surface area (Å²) < 4.78 is 5.73. The van der Waals surface area contributed by atoms with Crippen LogP contribution in [0.15, 0.2) is 0 Å². The van der Waals surface area contributed by atoms with Crippen LogP contribution in [0.1, 0.15) is 27.2 Å². The molecule has 72 valence electrons. The standard InChI is InChI=1S/C9H19NO2/c1-9(2,3)12-8-4-7(11)5-10-6-8/h7-8,10-11H,4-6H2,1-3H3/t7-,8-/m1/s1. The summed E-state index contributed by atoms with van der Waals surface area (Å²) >= 11 is 0. The molecule has 1 rings (SSSR count). The van der Waals surface area contributed by atoms with Gasteiger partial charge in [-0.15, -0.1) is 0 Å². The molecule has 0 aliphatic carbocycles. The lowest BCUT2D eigenvalue weighted by Gasteiger charge is -2.32. The molecule has 0 bridgehead atoms. The molecule has 3 heteroatoms. The molecule has 0 aromatic carbocycles. The second-order valence-electron chi connectivity index (χ2n) is 4.40. The van der Waals surface area contributed by atoms with Crippen LogP contribution >= 0.6 is 0 Å². The van der Waals surface area contributed by atoms with E-state index < -0.39 is 0 Å². The Morgan fingerprint density at radius 3 is 2.50 bits per heavy atom. The molecule has 0 aromatic rings. The van der Waals surface area contributed by atoms with Crippen LogP contribution in [0.2, 0.25) is 0 Å². The lowest BCUT2D eigenvalue weighted by molar-refractivity contribution is -0.0850. The van der Waals surface area contributed by atoms with Crippen molar-refractivity contribution in [1.29, 1.82) is 0 Å². The molecule has 1 fully saturated rings. The van der Waals surface area contributed by atoms with E-state index in [1.54, 1.807) is 0 Å². The molecule has 2 N–H and O–H groups in total. The van der Waals surface area contributed by atoms with E-state index in [9.17, 15) is 5.11 Å². The van der Waals surface area contributed by atoms with E-state index in [0.717, 1.165) is 13.0 Å². The summed E-state index contributed by atoms with van der Waals surface area (Å²) in [7, 11) is 0. The third-order valence-corrected chi connectivity index (χ3v) is 1.81. The van der Waals surface area contributed by atoms with Gasteiger partial charge in [-0.2, -0.15) is 0 Å². The summed E-state index contributed by atoms with van der Waals surface area (Å²) in [5.41, 5.74) is -0.108. The highest BCUT2D eigenvalue weighted by Crippen LogP contribution is 2.15. The van der Waals surface area contributed by atoms with E-state index in [0.29, 0.717) is 6.54 Å². The Balaban J connectivity index is 2.32. The zero-order chi connectivity index (χ0) is 9.19. The highest BCUT2D eigenvalue weighted by Gasteiger charge is 2.24. The summed E-state index contributed by atoms with van der Waals surface area (Å²) in [6.45, 7) is 7.66. The van der Waals surface area contributed by atoms with Gasteiger partial charge in [0.25, 0.3) is 0 Å². The van der Waals surface area contributed by atoms with E-state index in [2.05, 4.69) is 5.32 Å². The first-order valence-electron chi connectivity index (χ1n) is 4.54. The second-order valence-corrected chi connectivity index (χ2v) is 4.40. The summed E-state index contributed by atoms with van der Waals surface area (Å²) in [5.74, 6) is 0. The van der Waals surface area contributed by atoms with Crippen LogP contribution in [0.5, 0.6) is 0 Å². The summed E-state index contributed by atoms with van der Waals surface area (Å²) in [5, 5.41) is 12.5. The van der Waals surface area contributed by atoms with Crippen molar-refractivity contribution in [2.45, 2.75) is 45.0 Å². The zero-order valence-corrected chi connectivity index (χ0v) is 8.13. The Labute approximate surface area is 74.1 Å². The van der Waals surface area contributed by atoms with Crippen LogP contribution in [-0.2, 0) is 4.74 Å². The predicted octanol–water partition coefficient (Wildman–Crippen LogP) is 0.524. The first-order chi connectivity index (χ1) is 5.47. The molecule has 0 spiro atoms. The monoisotopic (exact) mass is 173 g/mol. The van der Waals surface area contributed by atoms with Gasteiger partial charge in [0.15, 0.2) is 0 Å². The molecule has 0 radical (unpaired) electrons. The van der Waals surface area contributed by atoms with Crippen molar-refractivity contribution in [1.82, 2.24) is 5.32 Å². The van der Waals surface area contributed by atoms with Crippen molar-refractivity contribution < 1.29 is 9.84 Å². The summed E-state index contributed by atoms with van der Waals surface area (Å²) in [6, 6.07) is 0. The maximum absolute atomic E-state index is 9.33. The Kier molecular flexibility index (Phi) is 3.09. The van der Waals surface area contributed by atoms with E-state index in [1.165, 1.54) is 0 Å². The van der Waals surface area contributed by atoms with Crippen LogP contribution in [0.4, 0.5) is 0 Å². The molecule has 0 unspecified atom stereocenters. The number of rotatable bonds is 1. The normalized spacial score (nSPS) is 32.0. The summed E-state index contributed by atoms with van der Waals surface area (Å²) in [4.78, 5) is 0. The molecule has 2 atom stereocenters. The SMILES string of the molecule is CC(C)(C)O[C@H]1CNC[C@H](O)C1. The minimum Gasteiger partial charge on any atom is -0.392 e. The number of aliphatic hydroxyl groups is 1. The van der Waals surface area contributed by atoms with Gasteiger partial charge in [0, 0.05) is 19.5 Å². The Morgan fingerprint density at radius 1 is 1.33 bits per heavy atom. The van der Waals surface area contributed by atoms with E-state index in [4.69, 9.17) is 4.74 Å². The largest absolute Gasteiger partial charge is 0.392 e. The minimum absolute atomic E-state index is 0.108. The van der Waals surface area contributed by atoms with Crippen molar-refractivity contribution in [2.24, 2.45) is 0 Å². The molecule has 1 aliphatic rings. The smallest absolute Gasteiger partial charge is 0.0731 e. The third kappa shape index (κ3) is 3.52. The molecule has 12 heavy (non-hydrogen) atoms. The lowest BCUT2D eigenvalue weighted by Crippen LogP contribution is -2.45. The number of hydrogen-bond acceptors (Lipinski definition) is 3. The molecular formula is C9H19NO2. The average molecular weight is 173 g/mol. The van der Waals surface area contributed by atoms with E-state index in [1.807, 2.05) is 20.8 Å². The molecule has 1 aliphatic heterocycles. The van der Waals surface area contributed by atoms with Crippen LogP contribution in [0.25, 0.3) is 0 Å². The maximum Gasteiger partial charge on any atom is 0.0731 e. The number of ether oxygens (including phenoxy) is 1. The van der Waals surface area contributed by atoms with Crippen molar-refractivity contribution in [2.75, 3.05) is 13.1 Å². The maximum atomic E-state index is 9.33. The van der Waals surface area contributed by atoms with Crippen molar-refractivity contribution in [3.63, 3.8) is 0 Å². The van der Waals surface area contributed by atoms with Gasteiger partial charge in [-0.25, -0.2) is 0 Å². The number of β-amino-alcohol motifs (C(OH)–C–C–N with tert-alkyl or cyclic N) is 1. The van der Waals surface area contributed by atoms with E-state index in [-0.39, 0.29) is 17.8 Å². The van der Waals surface area contributed by atoms with Gasteiger partial charge in [-0.05, 0) is 20.8 Å². The fraction of sp³-hybridized carbons (Fsp3) is 1.00. The molecule has 3 nitrogen and oxygen atoms in total. The summed E-state index contributed by atoms with van der Waals surface area (Å²) in [6.07, 6.45) is 0.671. The molecular weight excluding hydrogens is 154 g/mol. The van der Waals surface area contributed by atoms with Crippen molar-refractivity contribution in [3.8, 4) is 0 Å². The number of hydrogen-bond donors (Lipinski definition) is 2. The van der Waals surface area contributed by atoms with Gasteiger partial charge < -0.3 is 15.2 Å². The minimum atomic E-state index is -0.244. The van der Waals surface area contributed by atoms with Gasteiger partial charge >= 0.3 is 0 Å². The second kappa shape index (κ2) is 3.73. The zero-order valence-electron chi connectivity index (χ0n) is 8.13. The number of nitrogens with one attached hydrogen (secondary N) is 1. The fourth-order valence-electron chi connectivity index (χ4n) is 1.47. The topological polar surface area (TPSA) is 41.5 Å². The van der Waals surface area contributed by atoms with Crippen LogP contribution < -0.4 is 5.32 Å². The number of piperidine rings is 1. The molecule has 0 amide bonds. The highest BCUT2D eigenvalue weighted by molar-refractivity contribution is 4.78. The fourth-order valence-corrected chi connectivity index (χ4v) is 1.47. The number of aliphatic hydroxyl groups excluding tert-OH is 1. The van der Waals surface area contributed by atoms with Gasteiger partial charge in [0.05, 0.1) is 17.8 Å². The Morgan fingerprint density at radius 2 is 2.00 bits per heavy atom. The van der Waals surface area contributed by atoms with Crippen LogP contribution in [-0.4, -0.2) is 36.0 Å². The Bertz CT molecular complexity index is 142. The lowest BCUT2D eigenvalue weighted by atomic mass is 10.1. The van der Waals surface area contributed by atoms with Gasteiger partial charge in [-0.1, -0.05) is 0 Å². The quantitative estimate of drug-likeness (QED) is 0.607. The predicted molar refractivity (Wildman–Crippen MR) is 48.1 cm³/mol. The average Bonchev–Trinajstić information content (AvgIpc) is 1.82. The van der Waals surface area contributed by atoms with Gasteiger partial charge in [0.2, 0.25) is 0 Å². The molecule has 0 aromatic heterocycles. The first-order valence-corrected chi connectivity index (χ1v) is 4.54. The van der Waals surface area contributed by atoms with Crippen LogP contribution in [0.3, 0.4) is 0 Å². The van der Waals surface area contributed by atoms with Gasteiger partial charge in [-0.3, -0.25) is 0 Å². The first kappa shape index (κ1) is 9.96. The van der Waals surface area contributed by atoms with Crippen molar-refractivity contribution >= 4 is 0 Å².